The van der Waals surface area contributed by atoms with Gasteiger partial charge in [0.25, 0.3) is 10.0 Å². The molecule has 2 rings (SSSR count). The van der Waals surface area contributed by atoms with E-state index in [1.807, 2.05) is 12.4 Å². The van der Waals surface area contributed by atoms with Crippen molar-refractivity contribution in [2.75, 3.05) is 0 Å². The number of aromatic nitrogens is 2. The zero-order chi connectivity index (χ0) is 29.8. The molecule has 1 aliphatic carbocycles. The van der Waals surface area contributed by atoms with Gasteiger partial charge in [0.1, 0.15) is 10.6 Å². The Morgan fingerprint density at radius 3 is 1.49 bits per heavy atom. The molecule has 0 spiro atoms. The van der Waals surface area contributed by atoms with Crippen LogP contribution in [-0.2, 0) is 26.5 Å². The molecule has 1 aliphatic rings. The normalized spacial score (nSPS) is 22.5. The number of unbranched alkanes of at least 4 members (excludes halogenated alkanes) is 14. The van der Waals surface area contributed by atoms with Crippen molar-refractivity contribution in [3.63, 3.8) is 0 Å². The molecule has 2 unspecified atom stereocenters. The summed E-state index contributed by atoms with van der Waals surface area (Å²) in [4.78, 5) is 7.44. The minimum Gasteiger partial charge on any atom is -0.349 e. The van der Waals surface area contributed by atoms with Gasteiger partial charge in [-0.1, -0.05) is 106 Å². The molecule has 16 heteroatoms. The summed E-state index contributed by atoms with van der Waals surface area (Å²) < 4.78 is 114. The number of nitrogens with one attached hydrogen (secondary N) is 1. The van der Waals surface area contributed by atoms with E-state index in [-0.39, 0.29) is 0 Å². The molecule has 1 aromatic rings. The Labute approximate surface area is 227 Å². The fourth-order valence-electron chi connectivity index (χ4n) is 4.25. The van der Waals surface area contributed by atoms with Gasteiger partial charge in [-0.25, -0.2) is 35.7 Å². The van der Waals surface area contributed by atoms with E-state index in [0.29, 0.717) is 0 Å². The van der Waals surface area contributed by atoms with E-state index in [1.165, 1.54) is 96.3 Å². The van der Waals surface area contributed by atoms with Crippen LogP contribution in [0.5, 0.6) is 0 Å². The number of halogens is 6. The van der Waals surface area contributed by atoms with Crippen molar-refractivity contribution in [1.82, 2.24) is 14.7 Å². The number of primary sulfonamides is 1. The van der Waals surface area contributed by atoms with Crippen LogP contribution in [0.1, 0.15) is 109 Å². The van der Waals surface area contributed by atoms with Crippen molar-refractivity contribution < 1.29 is 43.4 Å². The van der Waals surface area contributed by atoms with Gasteiger partial charge in [-0.15, -0.1) is 0 Å². The van der Waals surface area contributed by atoms with Crippen molar-refractivity contribution in [1.29, 1.82) is 0 Å². The molecule has 3 N–H and O–H groups in total. The summed E-state index contributed by atoms with van der Waals surface area (Å²) >= 11 is 0. The smallest absolute Gasteiger partial charge is 0.349 e. The van der Waals surface area contributed by atoms with Crippen LogP contribution in [0, 0.1) is 0 Å². The molecule has 0 amide bonds. The van der Waals surface area contributed by atoms with Gasteiger partial charge in [-0.3, -0.25) is 0 Å². The molecule has 0 aromatic carbocycles. The van der Waals surface area contributed by atoms with Crippen molar-refractivity contribution in [3.05, 3.63) is 18.2 Å². The quantitative estimate of drug-likeness (QED) is 0.105. The first kappa shape index (κ1) is 35.6. The second-order valence-electron chi connectivity index (χ2n) is 9.72. The number of aryl methyl sites for hydroxylation is 1. The highest BCUT2D eigenvalue weighted by atomic mass is 32.2. The van der Waals surface area contributed by atoms with Crippen LogP contribution in [0.3, 0.4) is 0 Å². The van der Waals surface area contributed by atoms with Crippen LogP contribution in [0.15, 0.2) is 12.4 Å². The van der Waals surface area contributed by atoms with Gasteiger partial charge in [-0.2, -0.15) is 8.78 Å². The summed E-state index contributed by atoms with van der Waals surface area (Å²) in [5.41, 5.74) is 0. The molecule has 0 saturated heterocycles. The molecule has 2 atom stereocenters. The Morgan fingerprint density at radius 2 is 1.18 bits per heavy atom. The van der Waals surface area contributed by atoms with Crippen molar-refractivity contribution in [3.8, 4) is 0 Å². The van der Waals surface area contributed by atoms with E-state index in [2.05, 4.69) is 22.0 Å². The third kappa shape index (κ3) is 8.55. The molecule has 1 heterocycles. The minimum atomic E-state index is -6.85. The molecule has 1 saturated carbocycles. The summed E-state index contributed by atoms with van der Waals surface area (Å²) in [7, 11) is -12.9. The van der Waals surface area contributed by atoms with Crippen LogP contribution in [0.4, 0.5) is 26.5 Å². The Kier molecular flexibility index (Phi) is 14.2. The largest absolute Gasteiger partial charge is 0.355 e. The predicted molar refractivity (Wildman–Crippen MR) is 136 cm³/mol. The van der Waals surface area contributed by atoms with Crippen molar-refractivity contribution in [2.45, 2.75) is 126 Å². The van der Waals surface area contributed by atoms with Crippen molar-refractivity contribution >= 4 is 20.0 Å². The van der Waals surface area contributed by atoms with Crippen LogP contribution in [0.2, 0.25) is 0 Å². The van der Waals surface area contributed by atoms with Gasteiger partial charge in [0.2, 0.25) is 0 Å². The topological polar surface area (TPSA) is 126 Å². The summed E-state index contributed by atoms with van der Waals surface area (Å²) in [5.74, 6) is -4.60. The molecular weight excluding hydrogens is 574 g/mol. The highest BCUT2D eigenvalue weighted by molar-refractivity contribution is 7.95. The number of alkyl halides is 4. The Morgan fingerprint density at radius 1 is 0.769 bits per heavy atom. The monoisotopic (exact) mass is 614 g/mol. The van der Waals surface area contributed by atoms with E-state index >= 15 is 0 Å². The molecule has 230 valence electrons. The lowest BCUT2D eigenvalue weighted by atomic mass is 10.0. The highest BCUT2D eigenvalue weighted by Gasteiger charge is 3.08. The molecular formula is C23H40F6N4O4S2. The maximum absolute atomic E-state index is 13.2. The average molecular weight is 615 g/mol. The number of rotatable bonds is 19. The molecule has 0 radical (unpaired) electrons. The SMILES string of the molecule is CCCCCCCCCCCCCCCCCc1ncc[nH]1.NS(=O)(=O)C1(F)C(F)(F)C1(F)S(=O)(=O)N(F)F. The standard InChI is InChI=1S/C20H38N2.C3H2F6N2O4S2/c1-2-3-4-5-6-7-8-9-10-11-12-13-14-15-16-17-20-21-18-19-22-20;4-1(5)2(6,16(10,12)13)3(1,7)17(14,15)11(8)9/h18-19H,2-17H2,1H3,(H,21,22);(H2,10,12,13). The summed E-state index contributed by atoms with van der Waals surface area (Å²) in [6, 6.07) is 0. The van der Waals surface area contributed by atoms with E-state index in [9.17, 15) is 43.4 Å². The van der Waals surface area contributed by atoms with Gasteiger partial charge in [-0.05, 0) is 6.42 Å². The van der Waals surface area contributed by atoms with Crippen LogP contribution in [-0.4, -0.2) is 47.5 Å². The number of H-pyrrole nitrogens is 1. The fraction of sp³-hybridized carbons (Fsp3) is 0.870. The Hall–Kier alpha value is -1.39. The number of hydrogen-bond acceptors (Lipinski definition) is 5. The summed E-state index contributed by atoms with van der Waals surface area (Å²) in [5, 5.41) is -7.25. The molecule has 1 fully saturated rings. The lowest BCUT2D eigenvalue weighted by Crippen LogP contribution is -2.40. The number of imidazole rings is 1. The minimum absolute atomic E-state index is 1.12. The Balaban J connectivity index is 0.000000403. The van der Waals surface area contributed by atoms with Gasteiger partial charge < -0.3 is 4.98 Å². The molecule has 39 heavy (non-hydrogen) atoms. The third-order valence-corrected chi connectivity index (χ3v) is 9.72. The lowest BCUT2D eigenvalue weighted by Gasteiger charge is -2.08. The van der Waals surface area contributed by atoms with Gasteiger partial charge in [0, 0.05) is 18.8 Å². The van der Waals surface area contributed by atoms with Gasteiger partial charge in [0.05, 0.1) is 0 Å². The second kappa shape index (κ2) is 15.6. The second-order valence-corrected chi connectivity index (χ2v) is 13.2. The van der Waals surface area contributed by atoms with E-state index < -0.39 is 40.7 Å². The summed E-state index contributed by atoms with van der Waals surface area (Å²) in [6.07, 6.45) is 26.3. The van der Waals surface area contributed by atoms with Crippen LogP contribution >= 0.6 is 0 Å². The molecule has 8 nitrogen and oxygen atoms in total. The fourth-order valence-corrected chi connectivity index (χ4v) is 6.99. The molecule has 0 bridgehead atoms. The molecule has 0 aliphatic heterocycles. The molecule has 1 aromatic heterocycles. The van der Waals surface area contributed by atoms with Crippen LogP contribution in [0.25, 0.3) is 0 Å². The zero-order valence-corrected chi connectivity index (χ0v) is 23.8. The van der Waals surface area contributed by atoms with E-state index in [4.69, 9.17) is 0 Å². The van der Waals surface area contributed by atoms with Gasteiger partial charge >= 0.3 is 25.9 Å². The summed E-state index contributed by atoms with van der Waals surface area (Å²) in [6.45, 7) is 2.29. The lowest BCUT2D eigenvalue weighted by molar-refractivity contribution is -0.0610. The Bertz CT molecular complexity index is 1050. The number of hydrogen-bond donors (Lipinski definition) is 2. The number of nitrogens with two attached hydrogens (primary N) is 1. The third-order valence-electron chi connectivity index (χ3n) is 6.66. The van der Waals surface area contributed by atoms with Crippen LogP contribution < -0.4 is 5.14 Å². The average Bonchev–Trinajstić information content (AvgIpc) is 3.21. The van der Waals surface area contributed by atoms with Crippen molar-refractivity contribution in [2.24, 2.45) is 5.14 Å². The van der Waals surface area contributed by atoms with Gasteiger partial charge in [0.15, 0.2) is 0 Å². The zero-order valence-electron chi connectivity index (χ0n) is 22.2. The van der Waals surface area contributed by atoms with E-state index in [1.54, 1.807) is 0 Å². The predicted octanol–water partition coefficient (Wildman–Crippen LogP) is 6.48. The number of aromatic amines is 1. The first-order valence-corrected chi connectivity index (χ1v) is 16.2. The number of sulfonamides is 2. The maximum Gasteiger partial charge on any atom is 0.355 e. The van der Waals surface area contributed by atoms with E-state index in [0.717, 1.165) is 12.2 Å². The number of nitrogens with zero attached hydrogens (tertiary/aromatic N) is 2. The highest BCUT2D eigenvalue weighted by Crippen LogP contribution is 2.72. The first-order chi connectivity index (χ1) is 18.1. The maximum atomic E-state index is 13.2. The first-order valence-electron chi connectivity index (χ1n) is 13.3.